The summed E-state index contributed by atoms with van der Waals surface area (Å²) in [6.07, 6.45) is 0. The summed E-state index contributed by atoms with van der Waals surface area (Å²) in [6.45, 7) is 4.95. The molecule has 21 heavy (non-hydrogen) atoms. The van der Waals surface area contributed by atoms with Gasteiger partial charge in [-0.25, -0.2) is 4.39 Å². The first-order chi connectivity index (χ1) is 9.97. The van der Waals surface area contributed by atoms with Gasteiger partial charge in [0.15, 0.2) is 0 Å². The molecule has 1 aliphatic heterocycles. The van der Waals surface area contributed by atoms with Gasteiger partial charge in [-0.2, -0.15) is 0 Å². The molecule has 1 aliphatic rings. The van der Waals surface area contributed by atoms with Gasteiger partial charge in [0.25, 0.3) is 5.91 Å². The minimum atomic E-state index is -0.479. The Labute approximate surface area is 130 Å². The zero-order valence-corrected chi connectivity index (χ0v) is 13.4. The predicted molar refractivity (Wildman–Crippen MR) is 84.5 cm³/mol. The molecule has 116 valence electrons. The molecule has 0 N–H and O–H groups in total. The molecule has 1 aromatic rings. The van der Waals surface area contributed by atoms with Crippen LogP contribution in [0.15, 0.2) is 23.1 Å². The van der Waals surface area contributed by atoms with Gasteiger partial charge in [0.2, 0.25) is 0 Å². The summed E-state index contributed by atoms with van der Waals surface area (Å²) in [5.41, 5.74) is 0.115. The topological polar surface area (TPSA) is 26.8 Å². The van der Waals surface area contributed by atoms with Crippen molar-refractivity contribution >= 4 is 18.5 Å². The van der Waals surface area contributed by atoms with Gasteiger partial charge in [-0.05, 0) is 32.3 Å². The Kier molecular flexibility index (Phi) is 5.61. The lowest BCUT2D eigenvalue weighted by molar-refractivity contribution is 0.0625. The van der Waals surface area contributed by atoms with E-state index in [-0.39, 0.29) is 11.5 Å². The Balaban J connectivity index is 1.92. The summed E-state index contributed by atoms with van der Waals surface area (Å²) < 4.78 is 13.8. The van der Waals surface area contributed by atoms with E-state index in [1.165, 1.54) is 12.1 Å². The van der Waals surface area contributed by atoms with E-state index in [4.69, 9.17) is 0 Å². The third kappa shape index (κ3) is 4.43. The number of carbonyl (C=O) groups is 1. The molecule has 0 unspecified atom stereocenters. The van der Waals surface area contributed by atoms with Crippen LogP contribution in [0.4, 0.5) is 4.39 Å². The maximum atomic E-state index is 13.8. The van der Waals surface area contributed by atoms with Crippen molar-refractivity contribution < 1.29 is 9.18 Å². The molecule has 1 amide bonds. The summed E-state index contributed by atoms with van der Waals surface area (Å²) in [5.74, 6) is -0.719. The molecule has 1 heterocycles. The van der Waals surface area contributed by atoms with Crippen LogP contribution in [0.25, 0.3) is 0 Å². The van der Waals surface area contributed by atoms with Crippen LogP contribution < -0.4 is 0 Å². The minimum absolute atomic E-state index is 0.115. The second kappa shape index (κ2) is 7.24. The summed E-state index contributed by atoms with van der Waals surface area (Å²) in [6, 6.07) is 4.34. The van der Waals surface area contributed by atoms with Crippen molar-refractivity contribution in [2.75, 3.05) is 53.4 Å². The lowest BCUT2D eigenvalue weighted by Gasteiger charge is -2.35. The summed E-state index contributed by atoms with van der Waals surface area (Å²) in [4.78, 5) is 19.2. The standard InChI is InChI=1S/C15H22FN3OS/c1-17(2)5-6-18-7-9-19(10-8-18)15(20)13-11-12(21)3-4-14(13)16/h3-4,11,21H,5-10H2,1-2H3. The number of hydrogen-bond donors (Lipinski definition) is 1. The van der Waals surface area contributed by atoms with E-state index in [0.717, 1.165) is 26.2 Å². The van der Waals surface area contributed by atoms with Crippen LogP contribution in [0.2, 0.25) is 0 Å². The molecule has 6 heteroatoms. The van der Waals surface area contributed by atoms with Crippen molar-refractivity contribution in [2.45, 2.75) is 4.90 Å². The number of benzene rings is 1. The lowest BCUT2D eigenvalue weighted by Crippen LogP contribution is -2.50. The van der Waals surface area contributed by atoms with E-state index in [9.17, 15) is 9.18 Å². The van der Waals surface area contributed by atoms with Crippen LogP contribution in [0.1, 0.15) is 10.4 Å². The molecular weight excluding hydrogens is 289 g/mol. The average Bonchev–Trinajstić information content (AvgIpc) is 2.47. The highest BCUT2D eigenvalue weighted by atomic mass is 32.1. The number of likely N-dealkylation sites (N-methyl/N-ethyl adjacent to an activating group) is 1. The summed E-state index contributed by atoms with van der Waals surface area (Å²) in [5, 5.41) is 0. The third-order valence-electron chi connectivity index (χ3n) is 3.70. The maximum Gasteiger partial charge on any atom is 0.256 e. The Morgan fingerprint density at radius 3 is 2.57 bits per heavy atom. The molecule has 0 saturated carbocycles. The van der Waals surface area contributed by atoms with Gasteiger partial charge in [-0.1, -0.05) is 0 Å². The van der Waals surface area contributed by atoms with Crippen molar-refractivity contribution in [3.05, 3.63) is 29.6 Å². The molecule has 4 nitrogen and oxygen atoms in total. The molecule has 1 aromatic carbocycles. The van der Waals surface area contributed by atoms with Crippen molar-refractivity contribution in [1.82, 2.24) is 14.7 Å². The molecule has 1 fully saturated rings. The van der Waals surface area contributed by atoms with E-state index >= 15 is 0 Å². The minimum Gasteiger partial charge on any atom is -0.336 e. The van der Waals surface area contributed by atoms with Gasteiger partial charge in [-0.3, -0.25) is 9.69 Å². The molecule has 0 aromatic heterocycles. The molecule has 0 bridgehead atoms. The first kappa shape index (κ1) is 16.3. The fraction of sp³-hybridized carbons (Fsp3) is 0.533. The van der Waals surface area contributed by atoms with Crippen LogP contribution in [0.5, 0.6) is 0 Å². The van der Waals surface area contributed by atoms with Crippen LogP contribution in [-0.4, -0.2) is 74.0 Å². The number of rotatable bonds is 4. The number of carbonyl (C=O) groups excluding carboxylic acids is 1. The van der Waals surface area contributed by atoms with E-state index in [1.807, 2.05) is 14.1 Å². The number of nitrogens with zero attached hydrogens (tertiary/aromatic N) is 3. The molecular formula is C15H22FN3OS. The third-order valence-corrected chi connectivity index (χ3v) is 3.98. The molecule has 1 saturated heterocycles. The number of thiol groups is 1. The second-order valence-electron chi connectivity index (χ2n) is 5.60. The van der Waals surface area contributed by atoms with Gasteiger partial charge >= 0.3 is 0 Å². The highest BCUT2D eigenvalue weighted by molar-refractivity contribution is 7.80. The van der Waals surface area contributed by atoms with Crippen LogP contribution in [0, 0.1) is 5.82 Å². The fourth-order valence-corrected chi connectivity index (χ4v) is 2.57. The monoisotopic (exact) mass is 311 g/mol. The number of hydrogen-bond acceptors (Lipinski definition) is 4. The van der Waals surface area contributed by atoms with E-state index in [1.54, 1.807) is 11.0 Å². The smallest absolute Gasteiger partial charge is 0.256 e. The maximum absolute atomic E-state index is 13.8. The normalized spacial score (nSPS) is 16.5. The Bertz CT molecular complexity index is 502. The first-order valence-electron chi connectivity index (χ1n) is 7.12. The lowest BCUT2D eigenvalue weighted by atomic mass is 10.1. The number of piperazine rings is 1. The number of amides is 1. The average molecular weight is 311 g/mol. The van der Waals surface area contributed by atoms with E-state index < -0.39 is 5.82 Å². The van der Waals surface area contributed by atoms with Crippen LogP contribution >= 0.6 is 12.6 Å². The Hall–Kier alpha value is -1.11. The Morgan fingerprint density at radius 2 is 1.95 bits per heavy atom. The van der Waals surface area contributed by atoms with Crippen molar-refractivity contribution in [3.8, 4) is 0 Å². The van der Waals surface area contributed by atoms with Crippen molar-refractivity contribution in [2.24, 2.45) is 0 Å². The van der Waals surface area contributed by atoms with Gasteiger partial charge < -0.3 is 9.80 Å². The summed E-state index contributed by atoms with van der Waals surface area (Å²) >= 11 is 4.17. The Morgan fingerprint density at radius 1 is 1.29 bits per heavy atom. The fourth-order valence-electron chi connectivity index (χ4n) is 2.36. The van der Waals surface area contributed by atoms with Gasteiger partial charge in [-0.15, -0.1) is 12.6 Å². The molecule has 0 radical (unpaired) electrons. The molecule has 0 atom stereocenters. The zero-order chi connectivity index (χ0) is 15.4. The second-order valence-corrected chi connectivity index (χ2v) is 6.12. The highest BCUT2D eigenvalue weighted by Crippen LogP contribution is 2.16. The predicted octanol–water partition coefficient (Wildman–Crippen LogP) is 1.43. The van der Waals surface area contributed by atoms with Gasteiger partial charge in [0.05, 0.1) is 5.56 Å². The molecule has 0 spiro atoms. The van der Waals surface area contributed by atoms with Crippen molar-refractivity contribution in [3.63, 3.8) is 0 Å². The number of halogens is 1. The highest BCUT2D eigenvalue weighted by Gasteiger charge is 2.24. The van der Waals surface area contributed by atoms with Gasteiger partial charge in [0, 0.05) is 44.2 Å². The first-order valence-corrected chi connectivity index (χ1v) is 7.57. The molecule has 0 aliphatic carbocycles. The summed E-state index contributed by atoms with van der Waals surface area (Å²) in [7, 11) is 4.10. The van der Waals surface area contributed by atoms with Gasteiger partial charge in [0.1, 0.15) is 5.82 Å². The van der Waals surface area contributed by atoms with Crippen LogP contribution in [0.3, 0.4) is 0 Å². The SMILES string of the molecule is CN(C)CCN1CCN(C(=O)c2cc(S)ccc2F)CC1. The largest absolute Gasteiger partial charge is 0.336 e. The zero-order valence-electron chi connectivity index (χ0n) is 12.5. The van der Waals surface area contributed by atoms with E-state index in [2.05, 4.69) is 22.4 Å². The molecule has 2 rings (SSSR count). The van der Waals surface area contributed by atoms with E-state index in [0.29, 0.717) is 18.0 Å². The quantitative estimate of drug-likeness (QED) is 0.852. The van der Waals surface area contributed by atoms with Crippen molar-refractivity contribution in [1.29, 1.82) is 0 Å². The van der Waals surface area contributed by atoms with Crippen LogP contribution in [-0.2, 0) is 0 Å².